The molecule has 6 aliphatic rings. The summed E-state index contributed by atoms with van der Waals surface area (Å²) in [5, 5.41) is 26.6. The van der Waals surface area contributed by atoms with E-state index in [0.29, 0.717) is 60.5 Å². The van der Waals surface area contributed by atoms with Gasteiger partial charge >= 0.3 is 6.02 Å². The van der Waals surface area contributed by atoms with Crippen molar-refractivity contribution in [3.63, 3.8) is 0 Å². The van der Waals surface area contributed by atoms with Gasteiger partial charge in [-0.05, 0) is 68.3 Å². The Bertz CT molecular complexity index is 2090. The number of phenols is 1. The number of hydrogen-bond acceptors (Lipinski definition) is 9. The second-order valence-corrected chi connectivity index (χ2v) is 15.5. The molecule has 1 aliphatic carbocycles. The number of fused-ring (bicyclic) bond motifs is 7. The van der Waals surface area contributed by atoms with Gasteiger partial charge in [-0.3, -0.25) is 14.5 Å². The van der Waals surface area contributed by atoms with Crippen LogP contribution in [-0.2, 0) is 11.8 Å². The largest absolute Gasteiger partial charge is 0.508 e. The van der Waals surface area contributed by atoms with Crippen molar-refractivity contribution in [3.8, 4) is 18.1 Å². The summed E-state index contributed by atoms with van der Waals surface area (Å²) >= 11 is 0. The fourth-order valence-corrected chi connectivity index (χ4v) is 10.0. The maximum atomic E-state index is 17.7. The number of ether oxygens (including phenoxy) is 1. The molecule has 2 N–H and O–H groups in total. The van der Waals surface area contributed by atoms with Crippen LogP contribution in [0.4, 0.5) is 13.2 Å². The number of aromatic nitrogens is 2. The van der Waals surface area contributed by atoms with E-state index in [-0.39, 0.29) is 47.2 Å². The average Bonchev–Trinajstić information content (AvgIpc) is 3.81. The van der Waals surface area contributed by atoms with Crippen LogP contribution in [0, 0.1) is 18.2 Å². The Labute approximate surface area is 300 Å². The first-order valence-electron chi connectivity index (χ1n) is 18.3. The molecule has 2 unspecified atom stereocenters. The van der Waals surface area contributed by atoms with E-state index in [1.165, 1.54) is 24.3 Å². The van der Waals surface area contributed by atoms with Crippen molar-refractivity contribution in [1.82, 2.24) is 24.5 Å². The van der Waals surface area contributed by atoms with Crippen molar-refractivity contribution in [3.05, 3.63) is 64.5 Å². The fraction of sp³-hybridized carbons (Fsp3) is 0.513. The van der Waals surface area contributed by atoms with Crippen LogP contribution in [0.25, 0.3) is 16.3 Å². The molecule has 6 heterocycles. The molecule has 4 fully saturated rings. The standard InChI is InChI=1S/C39H42F3N7O3/c1-4-27-30(41)9-6-22-12-26(51)13-28(31(22)27)32-34(42)36-33(29-19-46(3)45-35(29)32)37(47-17-24-7-8-25(18-47)49(24)15-21(2)50)44-38(43-36)52-20-39-10-5-11-48(39)16-23(40)14-39/h1,6,9,12-13,19,21,23-25,33,36,50-51H,5,7-8,10-11,14-18,20H2,2-3H3/t21-,23-,24-,25+,33?,36?,39+/m1/s1. The third-order valence-corrected chi connectivity index (χ3v) is 12.1. The highest BCUT2D eigenvalue weighted by Crippen LogP contribution is 2.49. The zero-order valence-electron chi connectivity index (χ0n) is 29.3. The van der Waals surface area contributed by atoms with Gasteiger partial charge in [0.2, 0.25) is 0 Å². The van der Waals surface area contributed by atoms with Crippen molar-refractivity contribution in [1.29, 1.82) is 0 Å². The van der Waals surface area contributed by atoms with Gasteiger partial charge in [-0.1, -0.05) is 12.0 Å². The Morgan fingerprint density at radius 2 is 1.94 bits per heavy atom. The monoisotopic (exact) mass is 713 g/mol. The maximum absolute atomic E-state index is 17.7. The smallest absolute Gasteiger partial charge is 0.314 e. The summed E-state index contributed by atoms with van der Waals surface area (Å²) in [6.45, 7) is 5.01. The number of piperazine rings is 1. The van der Waals surface area contributed by atoms with Gasteiger partial charge in [0, 0.05) is 74.5 Å². The summed E-state index contributed by atoms with van der Waals surface area (Å²) in [7, 11) is 1.76. The van der Waals surface area contributed by atoms with E-state index >= 15 is 8.78 Å². The normalized spacial score (nSPS) is 30.6. The Morgan fingerprint density at radius 1 is 1.15 bits per heavy atom. The van der Waals surface area contributed by atoms with Gasteiger partial charge in [0.25, 0.3) is 0 Å². The molecule has 0 amide bonds. The van der Waals surface area contributed by atoms with E-state index in [1.807, 2.05) is 6.20 Å². The molecule has 2 bridgehead atoms. The summed E-state index contributed by atoms with van der Waals surface area (Å²) in [4.78, 5) is 16.7. The Hall–Kier alpha value is -4.38. The van der Waals surface area contributed by atoms with Gasteiger partial charge in [-0.2, -0.15) is 10.1 Å². The van der Waals surface area contributed by atoms with Crippen LogP contribution in [0.1, 0.15) is 67.3 Å². The summed E-state index contributed by atoms with van der Waals surface area (Å²) < 4.78 is 55.6. The number of alkyl halides is 1. The average molecular weight is 714 g/mol. The minimum absolute atomic E-state index is 0.0384. The lowest BCUT2D eigenvalue weighted by Crippen LogP contribution is -2.58. The molecule has 3 aromatic rings. The predicted molar refractivity (Wildman–Crippen MR) is 191 cm³/mol. The molecule has 0 spiro atoms. The SMILES string of the molecule is C#Cc1c(F)ccc2cc(O)cc(C3=C(F)C4N=C(OC[C@@]56CCCN5C[C@H](F)C6)N=C(N5C[C@H]6CC[C@@H](C5)N6C[C@@H](C)O)C4c4cn(C)nc43)c12. The molecule has 52 heavy (non-hydrogen) atoms. The van der Waals surface area contributed by atoms with Gasteiger partial charge in [0.05, 0.1) is 28.8 Å². The first-order valence-corrected chi connectivity index (χ1v) is 18.3. The molecule has 9 rings (SSSR count). The van der Waals surface area contributed by atoms with E-state index in [4.69, 9.17) is 26.2 Å². The molecule has 5 aliphatic heterocycles. The fourth-order valence-electron chi connectivity index (χ4n) is 10.0. The van der Waals surface area contributed by atoms with E-state index < -0.39 is 41.4 Å². The van der Waals surface area contributed by atoms with Crippen LogP contribution >= 0.6 is 0 Å². The maximum Gasteiger partial charge on any atom is 0.314 e. The Balaban J connectivity index is 1.18. The van der Waals surface area contributed by atoms with Crippen LogP contribution in [0.5, 0.6) is 5.75 Å². The lowest BCUT2D eigenvalue weighted by atomic mass is 9.78. The molecule has 1 aromatic heterocycles. The molecule has 0 radical (unpaired) electrons. The summed E-state index contributed by atoms with van der Waals surface area (Å²) in [5.74, 6) is 1.02. The number of terminal acetylenes is 1. The van der Waals surface area contributed by atoms with E-state index in [0.717, 1.165) is 32.2 Å². The van der Waals surface area contributed by atoms with Crippen molar-refractivity contribution in [2.45, 2.75) is 80.9 Å². The molecule has 7 atom stereocenters. The Kier molecular flexibility index (Phi) is 7.95. The minimum Gasteiger partial charge on any atom is -0.508 e. The summed E-state index contributed by atoms with van der Waals surface area (Å²) in [6, 6.07) is 4.92. The zero-order chi connectivity index (χ0) is 36.1. The van der Waals surface area contributed by atoms with Gasteiger partial charge in [0.15, 0.2) is 0 Å². The lowest BCUT2D eigenvalue weighted by molar-refractivity contribution is 0.0524. The number of halogens is 3. The number of nitrogens with zero attached hydrogens (tertiary/aromatic N) is 7. The number of aromatic hydroxyl groups is 1. The van der Waals surface area contributed by atoms with Crippen LogP contribution in [0.3, 0.4) is 0 Å². The zero-order valence-corrected chi connectivity index (χ0v) is 29.3. The molecule has 4 saturated heterocycles. The van der Waals surface area contributed by atoms with Gasteiger partial charge in [-0.15, -0.1) is 6.42 Å². The van der Waals surface area contributed by atoms with E-state index in [9.17, 15) is 14.6 Å². The first kappa shape index (κ1) is 33.5. The van der Waals surface area contributed by atoms with Crippen LogP contribution < -0.4 is 0 Å². The van der Waals surface area contributed by atoms with E-state index in [1.54, 1.807) is 18.7 Å². The molecule has 13 heteroatoms. The highest BCUT2D eigenvalue weighted by atomic mass is 19.1. The number of aryl methyl sites for hydroxylation is 1. The third kappa shape index (κ3) is 5.24. The second-order valence-electron chi connectivity index (χ2n) is 15.5. The molecule has 10 nitrogen and oxygen atoms in total. The highest BCUT2D eigenvalue weighted by Gasteiger charge is 2.51. The van der Waals surface area contributed by atoms with Gasteiger partial charge in [0.1, 0.15) is 42.0 Å². The number of aliphatic hydroxyl groups is 1. The van der Waals surface area contributed by atoms with Crippen LogP contribution in [-0.4, -0.2) is 122 Å². The minimum atomic E-state index is -1.11. The molecule has 0 saturated carbocycles. The number of hydrogen-bond donors (Lipinski definition) is 2. The molecule has 2 aromatic carbocycles. The highest BCUT2D eigenvalue weighted by molar-refractivity contribution is 6.07. The topological polar surface area (TPSA) is 102 Å². The van der Waals surface area contributed by atoms with E-state index in [2.05, 4.69) is 20.6 Å². The molecular weight excluding hydrogens is 671 g/mol. The predicted octanol–water partition coefficient (Wildman–Crippen LogP) is 4.48. The van der Waals surface area contributed by atoms with Crippen molar-refractivity contribution in [2.24, 2.45) is 17.0 Å². The number of aliphatic hydroxyl groups excluding tert-OH is 1. The summed E-state index contributed by atoms with van der Waals surface area (Å²) in [6.07, 6.45) is 10.3. The number of phenolic OH excluding ortho intramolecular Hbond substituents is 1. The van der Waals surface area contributed by atoms with Gasteiger partial charge < -0.3 is 19.8 Å². The Morgan fingerprint density at radius 3 is 2.69 bits per heavy atom. The third-order valence-electron chi connectivity index (χ3n) is 12.1. The lowest BCUT2D eigenvalue weighted by Gasteiger charge is -2.45. The van der Waals surface area contributed by atoms with Crippen LogP contribution in [0.15, 0.2) is 46.3 Å². The van der Waals surface area contributed by atoms with Crippen molar-refractivity contribution in [2.75, 3.05) is 39.3 Å². The first-order chi connectivity index (χ1) is 25.0. The van der Waals surface area contributed by atoms with Crippen LogP contribution in [0.2, 0.25) is 0 Å². The van der Waals surface area contributed by atoms with Crippen molar-refractivity contribution >= 4 is 28.2 Å². The molecular formula is C39H42F3N7O3. The molecule has 272 valence electrons. The number of likely N-dealkylation sites (tertiary alicyclic amines) is 1. The quantitative estimate of drug-likeness (QED) is 0.376. The number of benzene rings is 2. The summed E-state index contributed by atoms with van der Waals surface area (Å²) in [5.41, 5.74) is 0.811. The number of aliphatic imine (C=N–C) groups is 2. The van der Waals surface area contributed by atoms with Crippen molar-refractivity contribution < 1.29 is 28.1 Å². The number of amidine groups is 2. The number of rotatable bonds is 5. The van der Waals surface area contributed by atoms with Gasteiger partial charge in [-0.25, -0.2) is 18.2 Å². The second kappa shape index (κ2) is 12.4.